The maximum atomic E-state index is 12.2. The SMILES string of the molecule is CCC(CCCC(=O)OC)C(F)(F)F. The second kappa shape index (κ2) is 5.88. The van der Waals surface area contributed by atoms with Crippen LogP contribution in [0.15, 0.2) is 0 Å². The third kappa shape index (κ3) is 5.09. The second-order valence-electron chi connectivity index (χ2n) is 3.12. The predicted octanol–water partition coefficient (Wildman–Crippen LogP) is 2.92. The number of carbonyl (C=O) groups is 1. The molecule has 0 aliphatic carbocycles. The number of alkyl halides is 3. The summed E-state index contributed by atoms with van der Waals surface area (Å²) in [5.74, 6) is -1.76. The van der Waals surface area contributed by atoms with Crippen molar-refractivity contribution < 1.29 is 22.7 Å². The van der Waals surface area contributed by atoms with Gasteiger partial charge in [0, 0.05) is 6.42 Å². The molecule has 84 valence electrons. The first-order chi connectivity index (χ1) is 6.41. The van der Waals surface area contributed by atoms with Crippen LogP contribution < -0.4 is 0 Å². The lowest BCUT2D eigenvalue weighted by atomic mass is 9.99. The number of hydrogen-bond donors (Lipinski definition) is 0. The van der Waals surface area contributed by atoms with Crippen molar-refractivity contribution in [3.63, 3.8) is 0 Å². The van der Waals surface area contributed by atoms with E-state index in [1.807, 2.05) is 0 Å². The van der Waals surface area contributed by atoms with E-state index in [0.29, 0.717) is 0 Å². The van der Waals surface area contributed by atoms with Gasteiger partial charge in [-0.25, -0.2) is 0 Å². The van der Waals surface area contributed by atoms with E-state index in [1.165, 1.54) is 14.0 Å². The third-order valence-electron chi connectivity index (χ3n) is 2.12. The Morgan fingerprint density at radius 3 is 2.36 bits per heavy atom. The molecule has 0 aliphatic rings. The highest BCUT2D eigenvalue weighted by atomic mass is 19.4. The summed E-state index contributed by atoms with van der Waals surface area (Å²) in [4.78, 5) is 10.6. The van der Waals surface area contributed by atoms with E-state index < -0.39 is 18.1 Å². The van der Waals surface area contributed by atoms with Crippen molar-refractivity contribution in [2.75, 3.05) is 7.11 Å². The highest BCUT2D eigenvalue weighted by molar-refractivity contribution is 5.68. The maximum absolute atomic E-state index is 12.2. The van der Waals surface area contributed by atoms with E-state index in [2.05, 4.69) is 4.74 Å². The van der Waals surface area contributed by atoms with Gasteiger partial charge in [0.1, 0.15) is 0 Å². The summed E-state index contributed by atoms with van der Waals surface area (Å²) in [7, 11) is 1.23. The minimum Gasteiger partial charge on any atom is -0.469 e. The molecule has 0 amide bonds. The molecule has 5 heteroatoms. The van der Waals surface area contributed by atoms with Crippen LogP contribution >= 0.6 is 0 Å². The summed E-state index contributed by atoms with van der Waals surface area (Å²) in [6.45, 7) is 1.50. The highest BCUT2D eigenvalue weighted by Gasteiger charge is 2.37. The van der Waals surface area contributed by atoms with Gasteiger partial charge in [-0.15, -0.1) is 0 Å². The van der Waals surface area contributed by atoms with Crippen LogP contribution in [0.1, 0.15) is 32.6 Å². The summed E-state index contributed by atoms with van der Waals surface area (Å²) in [6.07, 6.45) is -3.81. The van der Waals surface area contributed by atoms with E-state index in [9.17, 15) is 18.0 Å². The van der Waals surface area contributed by atoms with Gasteiger partial charge < -0.3 is 4.74 Å². The van der Waals surface area contributed by atoms with Gasteiger partial charge in [0.05, 0.1) is 13.0 Å². The summed E-state index contributed by atoms with van der Waals surface area (Å²) in [5.41, 5.74) is 0. The van der Waals surface area contributed by atoms with Gasteiger partial charge in [0.2, 0.25) is 0 Å². The summed E-state index contributed by atoms with van der Waals surface area (Å²) >= 11 is 0. The molecule has 0 aromatic rings. The van der Waals surface area contributed by atoms with Crippen molar-refractivity contribution in [3.05, 3.63) is 0 Å². The fraction of sp³-hybridized carbons (Fsp3) is 0.889. The molecule has 0 aliphatic heterocycles. The van der Waals surface area contributed by atoms with E-state index in [0.717, 1.165) is 0 Å². The number of halogens is 3. The Hall–Kier alpha value is -0.740. The molecule has 0 N–H and O–H groups in total. The molecule has 0 spiro atoms. The molecule has 0 radical (unpaired) electrons. The number of methoxy groups -OCH3 is 1. The number of rotatable bonds is 5. The molecule has 0 bridgehead atoms. The Morgan fingerprint density at radius 2 is 2.00 bits per heavy atom. The van der Waals surface area contributed by atoms with Gasteiger partial charge in [0.15, 0.2) is 0 Å². The number of hydrogen-bond acceptors (Lipinski definition) is 2. The van der Waals surface area contributed by atoms with Crippen LogP contribution in [0.5, 0.6) is 0 Å². The zero-order valence-corrected chi connectivity index (χ0v) is 8.36. The van der Waals surface area contributed by atoms with Crippen molar-refractivity contribution in [2.24, 2.45) is 5.92 Å². The number of esters is 1. The molecule has 0 aromatic carbocycles. The van der Waals surface area contributed by atoms with Crippen LogP contribution in [0.3, 0.4) is 0 Å². The Balaban J connectivity index is 3.80. The Bertz CT molecular complexity index is 177. The quantitative estimate of drug-likeness (QED) is 0.655. The third-order valence-corrected chi connectivity index (χ3v) is 2.12. The lowest BCUT2D eigenvalue weighted by Gasteiger charge is -2.17. The van der Waals surface area contributed by atoms with Crippen molar-refractivity contribution in [1.29, 1.82) is 0 Å². The lowest BCUT2D eigenvalue weighted by Crippen LogP contribution is -2.22. The van der Waals surface area contributed by atoms with Crippen LogP contribution in [-0.4, -0.2) is 19.3 Å². The van der Waals surface area contributed by atoms with Crippen LogP contribution in [0.25, 0.3) is 0 Å². The Kier molecular flexibility index (Phi) is 5.57. The fourth-order valence-corrected chi connectivity index (χ4v) is 1.19. The van der Waals surface area contributed by atoms with E-state index >= 15 is 0 Å². The molecule has 14 heavy (non-hydrogen) atoms. The van der Waals surface area contributed by atoms with Crippen LogP contribution in [0.2, 0.25) is 0 Å². The predicted molar refractivity (Wildman–Crippen MR) is 45.7 cm³/mol. The monoisotopic (exact) mass is 212 g/mol. The summed E-state index contributed by atoms with van der Waals surface area (Å²) in [5, 5.41) is 0. The molecule has 1 unspecified atom stereocenters. The topological polar surface area (TPSA) is 26.3 Å². The zero-order valence-electron chi connectivity index (χ0n) is 8.36. The second-order valence-corrected chi connectivity index (χ2v) is 3.12. The minimum atomic E-state index is -4.15. The lowest BCUT2D eigenvalue weighted by molar-refractivity contribution is -0.177. The maximum Gasteiger partial charge on any atom is 0.391 e. The summed E-state index contributed by atoms with van der Waals surface area (Å²) in [6, 6.07) is 0. The fourth-order valence-electron chi connectivity index (χ4n) is 1.19. The van der Waals surface area contributed by atoms with Gasteiger partial charge in [-0.05, 0) is 19.3 Å². The van der Waals surface area contributed by atoms with Crippen molar-refractivity contribution in [1.82, 2.24) is 0 Å². The highest BCUT2D eigenvalue weighted by Crippen LogP contribution is 2.32. The average Bonchev–Trinajstić information content (AvgIpc) is 2.09. The van der Waals surface area contributed by atoms with Crippen molar-refractivity contribution in [3.8, 4) is 0 Å². The Labute approximate surface area is 81.4 Å². The standard InChI is InChI=1S/C9H15F3O2/c1-3-7(9(10,11)12)5-4-6-8(13)14-2/h7H,3-6H2,1-2H3. The van der Waals surface area contributed by atoms with Crippen LogP contribution in [0.4, 0.5) is 13.2 Å². The summed E-state index contributed by atoms with van der Waals surface area (Å²) < 4.78 is 41.0. The smallest absolute Gasteiger partial charge is 0.391 e. The molecule has 0 heterocycles. The largest absolute Gasteiger partial charge is 0.469 e. The molecule has 0 saturated carbocycles. The van der Waals surface area contributed by atoms with Gasteiger partial charge in [-0.3, -0.25) is 4.79 Å². The van der Waals surface area contributed by atoms with Crippen molar-refractivity contribution >= 4 is 5.97 Å². The van der Waals surface area contributed by atoms with Gasteiger partial charge in [0.25, 0.3) is 0 Å². The average molecular weight is 212 g/mol. The van der Waals surface area contributed by atoms with Crippen LogP contribution in [0, 0.1) is 5.92 Å². The normalized spacial score (nSPS) is 13.8. The zero-order chi connectivity index (χ0) is 11.2. The molecule has 0 aromatic heterocycles. The number of ether oxygens (including phenoxy) is 1. The Morgan fingerprint density at radius 1 is 1.43 bits per heavy atom. The minimum absolute atomic E-state index is 0.00486. The molecular formula is C9H15F3O2. The first-order valence-corrected chi connectivity index (χ1v) is 4.55. The first kappa shape index (κ1) is 13.3. The molecule has 0 rings (SSSR count). The molecule has 2 nitrogen and oxygen atoms in total. The van der Waals surface area contributed by atoms with Crippen molar-refractivity contribution in [2.45, 2.75) is 38.8 Å². The van der Waals surface area contributed by atoms with E-state index in [-0.39, 0.29) is 25.7 Å². The number of carbonyl (C=O) groups excluding carboxylic acids is 1. The molecular weight excluding hydrogens is 197 g/mol. The molecule has 0 saturated heterocycles. The van der Waals surface area contributed by atoms with E-state index in [1.54, 1.807) is 0 Å². The van der Waals surface area contributed by atoms with Gasteiger partial charge in [-0.1, -0.05) is 6.92 Å². The first-order valence-electron chi connectivity index (χ1n) is 4.55. The van der Waals surface area contributed by atoms with Gasteiger partial charge >= 0.3 is 12.1 Å². The van der Waals surface area contributed by atoms with Gasteiger partial charge in [-0.2, -0.15) is 13.2 Å². The van der Waals surface area contributed by atoms with E-state index in [4.69, 9.17) is 0 Å². The molecule has 0 fully saturated rings. The van der Waals surface area contributed by atoms with Crippen LogP contribution in [-0.2, 0) is 9.53 Å². The molecule has 1 atom stereocenters.